The molecule has 0 amide bonds. The number of aliphatic hydroxyl groups is 1. The first kappa shape index (κ1) is 10.1. The zero-order valence-electron chi connectivity index (χ0n) is 10.5. The molecule has 3 saturated carbocycles. The second-order valence-corrected chi connectivity index (χ2v) is 7.26. The molecule has 1 nitrogen and oxygen atoms in total. The summed E-state index contributed by atoms with van der Waals surface area (Å²) in [5.74, 6) is 1.85. The second-order valence-electron chi connectivity index (χ2n) is 7.26. The highest BCUT2D eigenvalue weighted by Crippen LogP contribution is 2.80. The van der Waals surface area contributed by atoms with Gasteiger partial charge in [0.15, 0.2) is 0 Å². The van der Waals surface area contributed by atoms with Gasteiger partial charge in [0, 0.05) is 0 Å². The van der Waals surface area contributed by atoms with Crippen molar-refractivity contribution < 1.29 is 5.11 Å². The summed E-state index contributed by atoms with van der Waals surface area (Å²) in [5.41, 5.74) is 0.418. The van der Waals surface area contributed by atoms with Crippen molar-refractivity contribution in [1.82, 2.24) is 0 Å². The van der Waals surface area contributed by atoms with Gasteiger partial charge in [-0.25, -0.2) is 0 Å². The molecule has 3 aliphatic rings. The molecule has 1 heteroatoms. The van der Waals surface area contributed by atoms with Crippen molar-refractivity contribution in [2.75, 3.05) is 0 Å². The van der Waals surface area contributed by atoms with Crippen LogP contribution in [0.2, 0.25) is 0 Å². The van der Waals surface area contributed by atoms with Crippen LogP contribution in [0.3, 0.4) is 0 Å². The van der Waals surface area contributed by atoms with Gasteiger partial charge in [0.1, 0.15) is 0 Å². The second kappa shape index (κ2) is 2.45. The highest BCUT2D eigenvalue weighted by atomic mass is 16.3. The van der Waals surface area contributed by atoms with Gasteiger partial charge in [0.2, 0.25) is 0 Å². The van der Waals surface area contributed by atoms with Crippen LogP contribution in [0.25, 0.3) is 0 Å². The largest absolute Gasteiger partial charge is 0.389 e. The van der Waals surface area contributed by atoms with Crippen LogP contribution in [0.5, 0.6) is 0 Å². The van der Waals surface area contributed by atoms with E-state index in [1.807, 2.05) is 0 Å². The Morgan fingerprint density at radius 1 is 0.867 bits per heavy atom. The molecule has 3 rings (SSSR count). The molecule has 15 heavy (non-hydrogen) atoms. The van der Waals surface area contributed by atoms with E-state index in [0.29, 0.717) is 28.6 Å². The average molecular weight is 208 g/mol. The van der Waals surface area contributed by atoms with Crippen LogP contribution in [0.15, 0.2) is 0 Å². The summed E-state index contributed by atoms with van der Waals surface area (Å²) in [6.45, 7) is 9.33. The minimum atomic E-state index is -0.274. The van der Waals surface area contributed by atoms with E-state index in [-0.39, 0.29) is 5.60 Å². The molecule has 0 aromatic rings. The summed E-state index contributed by atoms with van der Waals surface area (Å²) in [6.07, 6.45) is 5.25. The SMILES string of the molecule is CC1(C)C(C2(O)C3CCCCC32)C1(C)C. The van der Waals surface area contributed by atoms with Gasteiger partial charge in [0.05, 0.1) is 5.60 Å². The van der Waals surface area contributed by atoms with Crippen LogP contribution in [0.1, 0.15) is 53.4 Å². The molecule has 0 bridgehead atoms. The Morgan fingerprint density at radius 2 is 1.27 bits per heavy atom. The lowest BCUT2D eigenvalue weighted by Crippen LogP contribution is -2.20. The maximum absolute atomic E-state index is 10.9. The van der Waals surface area contributed by atoms with E-state index in [9.17, 15) is 5.11 Å². The van der Waals surface area contributed by atoms with Gasteiger partial charge in [-0.3, -0.25) is 0 Å². The third-order valence-corrected chi connectivity index (χ3v) is 6.33. The lowest BCUT2D eigenvalue weighted by molar-refractivity contribution is 0.0737. The zero-order valence-corrected chi connectivity index (χ0v) is 10.5. The summed E-state index contributed by atoms with van der Waals surface area (Å²) in [6, 6.07) is 0. The van der Waals surface area contributed by atoms with Gasteiger partial charge in [-0.1, -0.05) is 40.5 Å². The molecule has 0 aromatic heterocycles. The van der Waals surface area contributed by atoms with Crippen LogP contribution >= 0.6 is 0 Å². The molecule has 86 valence electrons. The fourth-order valence-electron chi connectivity index (χ4n) is 4.92. The van der Waals surface area contributed by atoms with Crippen LogP contribution in [0, 0.1) is 28.6 Å². The molecule has 0 aliphatic heterocycles. The first-order valence-corrected chi connectivity index (χ1v) is 6.57. The molecule has 1 N–H and O–H groups in total. The first-order valence-electron chi connectivity index (χ1n) is 6.57. The van der Waals surface area contributed by atoms with E-state index in [1.165, 1.54) is 25.7 Å². The maximum Gasteiger partial charge on any atom is 0.0749 e. The van der Waals surface area contributed by atoms with Gasteiger partial charge in [-0.2, -0.15) is 0 Å². The van der Waals surface area contributed by atoms with Crippen molar-refractivity contribution in [3.63, 3.8) is 0 Å². The van der Waals surface area contributed by atoms with Crippen LogP contribution in [-0.2, 0) is 0 Å². The third-order valence-electron chi connectivity index (χ3n) is 6.33. The van der Waals surface area contributed by atoms with E-state index in [4.69, 9.17) is 0 Å². The van der Waals surface area contributed by atoms with Crippen molar-refractivity contribution in [1.29, 1.82) is 0 Å². The molecule has 0 spiro atoms. The summed E-state index contributed by atoms with van der Waals surface area (Å²) in [7, 11) is 0. The van der Waals surface area contributed by atoms with Gasteiger partial charge in [0.25, 0.3) is 0 Å². The van der Waals surface area contributed by atoms with E-state index in [1.54, 1.807) is 0 Å². The Morgan fingerprint density at radius 3 is 1.60 bits per heavy atom. The Bertz CT molecular complexity index is 276. The van der Waals surface area contributed by atoms with Crippen molar-refractivity contribution in [2.45, 2.75) is 59.0 Å². The summed E-state index contributed by atoms with van der Waals surface area (Å²) in [4.78, 5) is 0. The lowest BCUT2D eigenvalue weighted by atomic mass is 10.0. The Balaban J connectivity index is 1.86. The van der Waals surface area contributed by atoms with Crippen molar-refractivity contribution in [3.8, 4) is 0 Å². The minimum absolute atomic E-state index is 0.274. The molecule has 2 atom stereocenters. The molecule has 3 fully saturated rings. The van der Waals surface area contributed by atoms with E-state index in [0.717, 1.165) is 0 Å². The van der Waals surface area contributed by atoms with Gasteiger partial charge in [-0.05, 0) is 41.4 Å². The summed E-state index contributed by atoms with van der Waals surface area (Å²) in [5, 5.41) is 10.9. The molecular formula is C14H24O. The van der Waals surface area contributed by atoms with Crippen LogP contribution < -0.4 is 0 Å². The monoisotopic (exact) mass is 208 g/mol. The Kier molecular flexibility index (Phi) is 1.65. The molecular weight excluding hydrogens is 184 g/mol. The normalized spacial score (nSPS) is 51.0. The summed E-state index contributed by atoms with van der Waals surface area (Å²) < 4.78 is 0. The van der Waals surface area contributed by atoms with Crippen molar-refractivity contribution >= 4 is 0 Å². The minimum Gasteiger partial charge on any atom is -0.389 e. The van der Waals surface area contributed by atoms with Gasteiger partial charge >= 0.3 is 0 Å². The van der Waals surface area contributed by atoms with Crippen LogP contribution in [-0.4, -0.2) is 10.7 Å². The Hall–Kier alpha value is -0.0400. The van der Waals surface area contributed by atoms with Gasteiger partial charge < -0.3 is 5.11 Å². The summed E-state index contributed by atoms with van der Waals surface area (Å²) >= 11 is 0. The maximum atomic E-state index is 10.9. The number of hydrogen-bond donors (Lipinski definition) is 1. The number of rotatable bonds is 1. The van der Waals surface area contributed by atoms with E-state index in [2.05, 4.69) is 27.7 Å². The molecule has 0 heterocycles. The first-order chi connectivity index (χ1) is 6.84. The number of fused-ring (bicyclic) bond motifs is 1. The quantitative estimate of drug-likeness (QED) is 0.701. The molecule has 0 saturated heterocycles. The third kappa shape index (κ3) is 0.945. The highest BCUT2D eigenvalue weighted by molar-refractivity contribution is 5.30. The highest BCUT2D eigenvalue weighted by Gasteiger charge is 2.81. The predicted molar refractivity (Wildman–Crippen MR) is 61.4 cm³/mol. The van der Waals surface area contributed by atoms with Gasteiger partial charge in [-0.15, -0.1) is 0 Å². The zero-order chi connectivity index (χ0) is 11.1. The Labute approximate surface area is 93.3 Å². The standard InChI is InChI=1S/C14H24O/c1-12(2)11(13(12,3)4)14(15)9-7-5-6-8-10(9)14/h9-11,15H,5-8H2,1-4H3. The fraction of sp³-hybridized carbons (Fsp3) is 1.00. The molecule has 0 radical (unpaired) electrons. The molecule has 3 aliphatic carbocycles. The smallest absolute Gasteiger partial charge is 0.0749 e. The van der Waals surface area contributed by atoms with Crippen molar-refractivity contribution in [3.05, 3.63) is 0 Å². The molecule has 2 unspecified atom stereocenters. The van der Waals surface area contributed by atoms with E-state index >= 15 is 0 Å². The molecule has 0 aromatic carbocycles. The number of hydrogen-bond acceptors (Lipinski definition) is 1. The van der Waals surface area contributed by atoms with Crippen LogP contribution in [0.4, 0.5) is 0 Å². The van der Waals surface area contributed by atoms with Crippen molar-refractivity contribution in [2.24, 2.45) is 28.6 Å². The predicted octanol–water partition coefficient (Wildman–Crippen LogP) is 3.22. The average Bonchev–Trinajstić information content (AvgIpc) is 2.86. The fourth-order valence-corrected chi connectivity index (χ4v) is 4.92. The lowest BCUT2D eigenvalue weighted by Gasteiger charge is -2.12. The topological polar surface area (TPSA) is 20.2 Å². The van der Waals surface area contributed by atoms with E-state index < -0.39 is 0 Å².